The lowest BCUT2D eigenvalue weighted by Gasteiger charge is -2.18. The molecule has 0 aliphatic rings. The topological polar surface area (TPSA) is 78.9 Å². The molecule has 0 amide bonds. The fraction of sp³-hybridized carbons (Fsp3) is 0.621. The first-order valence-corrected chi connectivity index (χ1v) is 29.3. The Morgan fingerprint density at radius 3 is 0.875 bits per heavy atom. The molecule has 0 saturated carbocycles. The minimum atomic E-state index is -0.814. The smallest absolute Gasteiger partial charge is 0.306 e. The fourth-order valence-corrected chi connectivity index (χ4v) is 7.65. The molecule has 1 atom stereocenters. The van der Waals surface area contributed by atoms with Gasteiger partial charge in [-0.3, -0.25) is 14.4 Å². The Morgan fingerprint density at radius 2 is 0.528 bits per heavy atom. The molecule has 0 aliphatic carbocycles. The van der Waals surface area contributed by atoms with E-state index in [0.29, 0.717) is 12.8 Å². The molecule has 0 spiro atoms. The highest BCUT2D eigenvalue weighted by atomic mass is 16.6. The molecule has 0 N–H and O–H groups in total. The highest BCUT2D eigenvalue weighted by Gasteiger charge is 2.19. The van der Waals surface area contributed by atoms with Crippen molar-refractivity contribution < 1.29 is 28.6 Å². The van der Waals surface area contributed by atoms with Crippen molar-refractivity contribution in [2.24, 2.45) is 0 Å². The normalized spacial score (nSPS) is 13.1. The number of esters is 3. The van der Waals surface area contributed by atoms with Crippen LogP contribution in [0, 0.1) is 0 Å². The summed E-state index contributed by atoms with van der Waals surface area (Å²) in [5.74, 6) is -0.974. The molecule has 0 aromatic carbocycles. The Kier molecular flexibility index (Phi) is 55.5. The molecule has 6 nitrogen and oxygen atoms in total. The summed E-state index contributed by atoms with van der Waals surface area (Å²) in [4.78, 5) is 38.2. The van der Waals surface area contributed by atoms with Crippen LogP contribution in [0.3, 0.4) is 0 Å². The van der Waals surface area contributed by atoms with Gasteiger partial charge in [-0.05, 0) is 89.9 Å². The molecule has 72 heavy (non-hydrogen) atoms. The first kappa shape index (κ1) is 67.5. The Balaban J connectivity index is 4.55. The zero-order chi connectivity index (χ0) is 52.2. The number of hydrogen-bond acceptors (Lipinski definition) is 6. The number of rotatable bonds is 51. The molecule has 6 heteroatoms. The van der Waals surface area contributed by atoms with E-state index in [4.69, 9.17) is 14.2 Å². The second-order valence-corrected chi connectivity index (χ2v) is 19.1. The predicted octanol–water partition coefficient (Wildman–Crippen LogP) is 19.8. The van der Waals surface area contributed by atoms with Crippen LogP contribution >= 0.6 is 0 Å². The van der Waals surface area contributed by atoms with E-state index in [-0.39, 0.29) is 37.5 Å². The fourth-order valence-electron chi connectivity index (χ4n) is 7.65. The average molecular weight is 996 g/mol. The van der Waals surface area contributed by atoms with Gasteiger partial charge in [-0.1, -0.05) is 270 Å². The minimum Gasteiger partial charge on any atom is -0.462 e. The van der Waals surface area contributed by atoms with Crippen molar-refractivity contribution in [1.29, 1.82) is 0 Å². The number of ether oxygens (including phenoxy) is 3. The number of allylic oxidation sites excluding steroid dienone is 22. The third-order valence-electron chi connectivity index (χ3n) is 12.1. The summed E-state index contributed by atoms with van der Waals surface area (Å²) in [6, 6.07) is 0. The van der Waals surface area contributed by atoms with Gasteiger partial charge in [0, 0.05) is 19.3 Å². The van der Waals surface area contributed by atoms with Crippen molar-refractivity contribution in [2.75, 3.05) is 13.2 Å². The maximum Gasteiger partial charge on any atom is 0.306 e. The van der Waals surface area contributed by atoms with E-state index in [1.165, 1.54) is 77.0 Å². The van der Waals surface area contributed by atoms with Gasteiger partial charge in [-0.2, -0.15) is 0 Å². The molecule has 0 aromatic rings. The predicted molar refractivity (Wildman–Crippen MR) is 311 cm³/mol. The summed E-state index contributed by atoms with van der Waals surface area (Å²) in [5.41, 5.74) is 0. The average Bonchev–Trinajstić information content (AvgIpc) is 3.38. The first-order valence-electron chi connectivity index (χ1n) is 29.3. The number of hydrogen-bond donors (Lipinski definition) is 0. The van der Waals surface area contributed by atoms with Crippen molar-refractivity contribution in [3.63, 3.8) is 0 Å². The van der Waals surface area contributed by atoms with Crippen molar-refractivity contribution in [3.8, 4) is 0 Å². The van der Waals surface area contributed by atoms with Gasteiger partial charge in [-0.15, -0.1) is 0 Å². The van der Waals surface area contributed by atoms with Crippen LogP contribution in [-0.4, -0.2) is 37.2 Å². The van der Waals surface area contributed by atoms with Crippen LogP contribution in [0.5, 0.6) is 0 Å². The van der Waals surface area contributed by atoms with Gasteiger partial charge in [0.25, 0.3) is 0 Å². The van der Waals surface area contributed by atoms with E-state index in [1.807, 2.05) is 24.3 Å². The van der Waals surface area contributed by atoms with Crippen LogP contribution in [0.1, 0.15) is 245 Å². The molecule has 0 saturated heterocycles. The number of carbonyl (C=O) groups is 3. The lowest BCUT2D eigenvalue weighted by atomic mass is 10.1. The van der Waals surface area contributed by atoms with Crippen LogP contribution in [-0.2, 0) is 28.6 Å². The maximum atomic E-state index is 12.9. The molecule has 406 valence electrons. The van der Waals surface area contributed by atoms with Crippen molar-refractivity contribution in [1.82, 2.24) is 0 Å². The molecule has 0 heterocycles. The molecule has 0 bridgehead atoms. The van der Waals surface area contributed by atoms with Gasteiger partial charge in [-0.25, -0.2) is 0 Å². The van der Waals surface area contributed by atoms with Gasteiger partial charge < -0.3 is 14.2 Å². The Hall–Kier alpha value is -4.45. The maximum absolute atomic E-state index is 12.9. The van der Waals surface area contributed by atoms with E-state index in [2.05, 4.69) is 130 Å². The van der Waals surface area contributed by atoms with Gasteiger partial charge in [0.1, 0.15) is 13.2 Å². The number of unbranched alkanes of at least 4 members (excludes halogenated alkanes) is 26. The highest BCUT2D eigenvalue weighted by molar-refractivity contribution is 5.71. The van der Waals surface area contributed by atoms with E-state index in [9.17, 15) is 14.4 Å². The zero-order valence-corrected chi connectivity index (χ0v) is 46.4. The third kappa shape index (κ3) is 56.5. The van der Waals surface area contributed by atoms with Crippen LogP contribution in [0.25, 0.3) is 0 Å². The highest BCUT2D eigenvalue weighted by Crippen LogP contribution is 2.14. The van der Waals surface area contributed by atoms with E-state index >= 15 is 0 Å². The van der Waals surface area contributed by atoms with Crippen LogP contribution in [0.4, 0.5) is 0 Å². The largest absolute Gasteiger partial charge is 0.462 e. The van der Waals surface area contributed by atoms with Gasteiger partial charge in [0.15, 0.2) is 6.10 Å². The minimum absolute atomic E-state index is 0.109. The molecule has 0 rings (SSSR count). The summed E-state index contributed by atoms with van der Waals surface area (Å²) < 4.78 is 16.8. The SMILES string of the molecule is CCC\C=C/C=C\C=C/C=C\C=C/CCCCCCCC(=O)OCC(COC(=O)CCCCCCC/C=C\C=C/CCCCCCCCC)OC(=O)CCCCCCC\C=C/C=C\C=C/C=C\CCCCC. The quantitative estimate of drug-likeness (QED) is 0.0261. The Morgan fingerprint density at radius 1 is 0.278 bits per heavy atom. The second-order valence-electron chi connectivity index (χ2n) is 19.1. The zero-order valence-electron chi connectivity index (χ0n) is 46.4. The molecule has 1 unspecified atom stereocenters. The van der Waals surface area contributed by atoms with Crippen LogP contribution in [0.2, 0.25) is 0 Å². The van der Waals surface area contributed by atoms with Crippen LogP contribution in [0.15, 0.2) is 134 Å². The van der Waals surface area contributed by atoms with Crippen molar-refractivity contribution in [2.45, 2.75) is 252 Å². The van der Waals surface area contributed by atoms with E-state index in [0.717, 1.165) is 128 Å². The molecule has 0 aliphatic heterocycles. The van der Waals surface area contributed by atoms with Gasteiger partial charge >= 0.3 is 17.9 Å². The summed E-state index contributed by atoms with van der Waals surface area (Å²) in [6.45, 7) is 6.45. The lowest BCUT2D eigenvalue weighted by Crippen LogP contribution is -2.30. The van der Waals surface area contributed by atoms with Gasteiger partial charge in [0.2, 0.25) is 0 Å². The standard InChI is InChI=1S/C66H106O6/c1-4-7-10-13-16-19-22-25-28-31-34-37-40-43-46-49-52-55-58-64(67)70-61-63(72-66(69)60-57-54-51-48-45-42-39-36-33-30-27-24-21-18-15-12-9-6-3)62-71-65(68)59-56-53-50-47-44-41-38-35-32-29-26-23-20-17-14-11-8-5-2/h10,13,16,18-19,21-22,24-25,27-39,63H,4-9,11-12,14-15,17,20,23,26,40-62H2,1-3H3/b13-10-,19-16-,21-18-,25-22-,27-24-,31-28-,32-29-,33-30-,37-34-,38-35-,39-36-. The van der Waals surface area contributed by atoms with Crippen molar-refractivity contribution >= 4 is 17.9 Å². The molecule has 0 aromatic heterocycles. The lowest BCUT2D eigenvalue weighted by molar-refractivity contribution is -0.167. The Bertz CT molecular complexity index is 1560. The first-order chi connectivity index (χ1) is 35.5. The molecule has 0 radical (unpaired) electrons. The van der Waals surface area contributed by atoms with E-state index in [1.54, 1.807) is 0 Å². The summed E-state index contributed by atoms with van der Waals surface area (Å²) >= 11 is 0. The van der Waals surface area contributed by atoms with Gasteiger partial charge in [0.05, 0.1) is 0 Å². The number of carbonyl (C=O) groups excluding carboxylic acids is 3. The molecular formula is C66H106O6. The monoisotopic (exact) mass is 995 g/mol. The molecule has 0 fully saturated rings. The Labute approximate surface area is 443 Å². The second kappa shape index (κ2) is 59.1. The van der Waals surface area contributed by atoms with E-state index < -0.39 is 6.10 Å². The third-order valence-corrected chi connectivity index (χ3v) is 12.1. The summed E-state index contributed by atoms with van der Waals surface area (Å²) in [5, 5.41) is 0. The van der Waals surface area contributed by atoms with Crippen molar-refractivity contribution in [3.05, 3.63) is 134 Å². The summed E-state index contributed by atoms with van der Waals surface area (Å²) in [7, 11) is 0. The molecular weight excluding hydrogens is 889 g/mol. The van der Waals surface area contributed by atoms with Crippen LogP contribution < -0.4 is 0 Å². The summed E-state index contributed by atoms with van der Waals surface area (Å²) in [6.07, 6.45) is 82.8.